The first kappa shape index (κ1) is 19.1. The van der Waals surface area contributed by atoms with Crippen LogP contribution in [0.1, 0.15) is 34.5 Å². The molecule has 1 saturated heterocycles. The Kier molecular flexibility index (Phi) is 5.57. The number of carbonyl (C=O) groups is 1. The van der Waals surface area contributed by atoms with Crippen LogP contribution in [0.25, 0.3) is 23.1 Å². The van der Waals surface area contributed by atoms with Crippen molar-refractivity contribution in [3.8, 4) is 5.75 Å². The molecule has 1 aliphatic heterocycles. The second kappa shape index (κ2) is 8.45. The number of hydrogen-bond donors (Lipinski definition) is 2. The molecule has 4 rings (SSSR count). The van der Waals surface area contributed by atoms with E-state index in [0.29, 0.717) is 23.6 Å². The summed E-state index contributed by atoms with van der Waals surface area (Å²) in [6.07, 6.45) is 5.68. The molecular weight excluding hydrogens is 373 g/mol. The van der Waals surface area contributed by atoms with Crippen molar-refractivity contribution < 1.29 is 18.7 Å². The van der Waals surface area contributed by atoms with E-state index in [1.165, 1.54) is 19.2 Å². The molecule has 29 heavy (non-hydrogen) atoms. The monoisotopic (exact) mass is 395 g/mol. The summed E-state index contributed by atoms with van der Waals surface area (Å²) in [6, 6.07) is 9.70. The van der Waals surface area contributed by atoms with Gasteiger partial charge >= 0.3 is 0 Å². The summed E-state index contributed by atoms with van der Waals surface area (Å²) in [5, 5.41) is 10.9. The Labute approximate surface area is 167 Å². The molecule has 1 amide bonds. The quantitative estimate of drug-likeness (QED) is 0.666. The topological polar surface area (TPSA) is 76.2 Å². The normalized spacial score (nSPS) is 16.6. The summed E-state index contributed by atoms with van der Waals surface area (Å²) in [7, 11) is 1.53. The van der Waals surface area contributed by atoms with Crippen LogP contribution >= 0.6 is 0 Å². The van der Waals surface area contributed by atoms with Crippen LogP contribution in [0, 0.1) is 5.82 Å². The van der Waals surface area contributed by atoms with Crippen molar-refractivity contribution in [1.29, 1.82) is 0 Å². The number of aromatic amines is 1. The van der Waals surface area contributed by atoms with Crippen molar-refractivity contribution in [3.63, 3.8) is 0 Å². The van der Waals surface area contributed by atoms with Gasteiger partial charge in [0.05, 0.1) is 35.4 Å². The van der Waals surface area contributed by atoms with E-state index in [2.05, 4.69) is 15.5 Å². The molecule has 2 heterocycles. The minimum atomic E-state index is -0.285. The van der Waals surface area contributed by atoms with Crippen LogP contribution in [0.2, 0.25) is 0 Å². The molecule has 150 valence electrons. The molecule has 0 radical (unpaired) electrons. The van der Waals surface area contributed by atoms with E-state index in [1.807, 2.05) is 12.2 Å². The number of fused-ring (bicyclic) bond motifs is 1. The van der Waals surface area contributed by atoms with Crippen molar-refractivity contribution in [2.24, 2.45) is 0 Å². The highest BCUT2D eigenvalue weighted by atomic mass is 19.1. The maximum atomic E-state index is 13.1. The number of rotatable bonds is 6. The summed E-state index contributed by atoms with van der Waals surface area (Å²) in [6.45, 7) is 1.22. The Morgan fingerprint density at radius 2 is 2.14 bits per heavy atom. The number of nitrogens with zero attached hydrogens (tertiary/aromatic N) is 1. The largest absolute Gasteiger partial charge is 0.495 e. The minimum absolute atomic E-state index is 0.0665. The Morgan fingerprint density at radius 1 is 1.31 bits per heavy atom. The van der Waals surface area contributed by atoms with Crippen molar-refractivity contribution in [2.45, 2.75) is 18.9 Å². The van der Waals surface area contributed by atoms with Crippen LogP contribution in [0.4, 0.5) is 4.39 Å². The summed E-state index contributed by atoms with van der Waals surface area (Å²) in [5.41, 5.74) is 2.68. The highest BCUT2D eigenvalue weighted by molar-refractivity contribution is 6.05. The van der Waals surface area contributed by atoms with E-state index in [4.69, 9.17) is 9.47 Å². The zero-order valence-electron chi connectivity index (χ0n) is 16.1. The van der Waals surface area contributed by atoms with Gasteiger partial charge < -0.3 is 14.8 Å². The highest BCUT2D eigenvalue weighted by Gasteiger charge is 2.21. The van der Waals surface area contributed by atoms with Gasteiger partial charge in [0.2, 0.25) is 0 Å². The lowest BCUT2D eigenvalue weighted by molar-refractivity contribution is 0.0855. The average Bonchev–Trinajstić information content (AvgIpc) is 3.40. The van der Waals surface area contributed by atoms with E-state index in [0.717, 1.165) is 35.9 Å². The molecule has 2 aromatic carbocycles. The standard InChI is InChI=1S/C22H22FN3O3/c1-28-21-17(22(27)24-13-16-3-2-12-29-16)9-11-19-20(21)18(25-26-19)10-6-14-4-7-15(23)8-5-14/h4-11,16H,2-3,12-13H2,1H3,(H,24,27)(H,25,26). The Balaban J connectivity index is 1.62. The third kappa shape index (κ3) is 4.14. The number of H-pyrrole nitrogens is 1. The highest BCUT2D eigenvalue weighted by Crippen LogP contribution is 2.32. The maximum Gasteiger partial charge on any atom is 0.255 e. The fourth-order valence-electron chi connectivity index (χ4n) is 3.47. The van der Waals surface area contributed by atoms with Crippen LogP contribution in [0.3, 0.4) is 0 Å². The van der Waals surface area contributed by atoms with E-state index in [-0.39, 0.29) is 17.8 Å². The zero-order chi connectivity index (χ0) is 20.2. The second-order valence-corrected chi connectivity index (χ2v) is 6.91. The van der Waals surface area contributed by atoms with Crippen molar-refractivity contribution in [1.82, 2.24) is 15.5 Å². The predicted molar refractivity (Wildman–Crippen MR) is 109 cm³/mol. The summed E-state index contributed by atoms with van der Waals surface area (Å²) in [4.78, 5) is 12.7. The first-order valence-electron chi connectivity index (χ1n) is 9.54. The molecule has 0 saturated carbocycles. The Bertz CT molecular complexity index is 1040. The van der Waals surface area contributed by atoms with Crippen LogP contribution < -0.4 is 10.1 Å². The summed E-state index contributed by atoms with van der Waals surface area (Å²) >= 11 is 0. The molecule has 2 N–H and O–H groups in total. The smallest absolute Gasteiger partial charge is 0.255 e. The molecule has 1 fully saturated rings. The van der Waals surface area contributed by atoms with Gasteiger partial charge in [0, 0.05) is 13.2 Å². The van der Waals surface area contributed by atoms with Crippen LogP contribution in [0.15, 0.2) is 36.4 Å². The predicted octanol–water partition coefficient (Wildman–Crippen LogP) is 3.79. The number of methoxy groups -OCH3 is 1. The maximum absolute atomic E-state index is 13.1. The second-order valence-electron chi connectivity index (χ2n) is 6.91. The molecule has 1 atom stereocenters. The fraction of sp³-hybridized carbons (Fsp3) is 0.273. The van der Waals surface area contributed by atoms with Crippen molar-refractivity contribution in [3.05, 3.63) is 59.0 Å². The van der Waals surface area contributed by atoms with Gasteiger partial charge in [-0.05, 0) is 48.7 Å². The number of hydrogen-bond acceptors (Lipinski definition) is 4. The first-order chi connectivity index (χ1) is 14.2. The molecule has 6 nitrogen and oxygen atoms in total. The zero-order valence-corrected chi connectivity index (χ0v) is 16.1. The van der Waals surface area contributed by atoms with E-state index < -0.39 is 0 Å². The molecule has 0 spiro atoms. The van der Waals surface area contributed by atoms with Crippen LogP contribution in [-0.2, 0) is 4.74 Å². The average molecular weight is 395 g/mol. The minimum Gasteiger partial charge on any atom is -0.495 e. The molecular formula is C22H22FN3O3. The molecule has 0 aliphatic carbocycles. The summed E-state index contributed by atoms with van der Waals surface area (Å²) < 4.78 is 24.2. The van der Waals surface area contributed by atoms with Gasteiger partial charge in [-0.1, -0.05) is 18.2 Å². The van der Waals surface area contributed by atoms with E-state index in [9.17, 15) is 9.18 Å². The Morgan fingerprint density at radius 3 is 2.86 bits per heavy atom. The van der Waals surface area contributed by atoms with Gasteiger partial charge in [-0.25, -0.2) is 4.39 Å². The molecule has 1 aliphatic rings. The lowest BCUT2D eigenvalue weighted by Gasteiger charge is -2.13. The lowest BCUT2D eigenvalue weighted by atomic mass is 10.1. The Hall–Kier alpha value is -3.19. The van der Waals surface area contributed by atoms with Gasteiger partial charge in [0.25, 0.3) is 5.91 Å². The number of amides is 1. The SMILES string of the molecule is COc1c(C(=O)NCC2CCCO2)ccc2[nH]nc(C=Cc3ccc(F)cc3)c12. The number of halogens is 1. The van der Waals surface area contributed by atoms with Gasteiger partial charge in [-0.15, -0.1) is 0 Å². The van der Waals surface area contributed by atoms with Crippen LogP contribution in [-0.4, -0.2) is 42.5 Å². The van der Waals surface area contributed by atoms with Gasteiger partial charge in [-0.3, -0.25) is 9.89 Å². The number of carbonyl (C=O) groups excluding carboxylic acids is 1. The molecule has 0 bridgehead atoms. The lowest BCUT2D eigenvalue weighted by Crippen LogP contribution is -2.32. The molecule has 1 aromatic heterocycles. The third-order valence-electron chi connectivity index (χ3n) is 4.98. The molecule has 3 aromatic rings. The van der Waals surface area contributed by atoms with Gasteiger partial charge in [0.1, 0.15) is 11.6 Å². The number of nitrogens with one attached hydrogen (secondary N) is 2. The van der Waals surface area contributed by atoms with E-state index in [1.54, 1.807) is 24.3 Å². The van der Waals surface area contributed by atoms with Crippen LogP contribution in [0.5, 0.6) is 5.75 Å². The van der Waals surface area contributed by atoms with E-state index >= 15 is 0 Å². The molecule has 1 unspecified atom stereocenters. The van der Waals surface area contributed by atoms with Crippen molar-refractivity contribution in [2.75, 3.05) is 20.3 Å². The van der Waals surface area contributed by atoms with Gasteiger partial charge in [-0.2, -0.15) is 5.10 Å². The fourth-order valence-corrected chi connectivity index (χ4v) is 3.47. The molecule has 7 heteroatoms. The first-order valence-corrected chi connectivity index (χ1v) is 9.54. The summed E-state index contributed by atoms with van der Waals surface area (Å²) in [5.74, 6) is -0.0403. The number of benzene rings is 2. The van der Waals surface area contributed by atoms with Crippen molar-refractivity contribution >= 4 is 29.0 Å². The number of aromatic nitrogens is 2. The van der Waals surface area contributed by atoms with Gasteiger partial charge in [0.15, 0.2) is 0 Å². The number of ether oxygens (including phenoxy) is 2. The third-order valence-corrected chi connectivity index (χ3v) is 4.98.